The number of hydrogen-bond donors (Lipinski definition) is 2. The number of hydrogen-bond acceptors (Lipinski definition) is 4. The topological polar surface area (TPSA) is 64.7 Å². The first-order chi connectivity index (χ1) is 8.13. The van der Waals surface area contributed by atoms with E-state index in [1.54, 1.807) is 0 Å². The normalized spacial score (nSPS) is 18.3. The Labute approximate surface area is 101 Å². The second kappa shape index (κ2) is 4.94. The van der Waals surface area contributed by atoms with Crippen LogP contribution < -0.4 is 15.2 Å². The number of aliphatic hydroxyl groups is 1. The van der Waals surface area contributed by atoms with Crippen molar-refractivity contribution in [2.75, 3.05) is 19.8 Å². The molecular formula is C13H19NO3. The molecule has 0 aliphatic carbocycles. The van der Waals surface area contributed by atoms with Gasteiger partial charge in [0.15, 0.2) is 11.5 Å². The molecule has 0 fully saturated rings. The highest BCUT2D eigenvalue weighted by atomic mass is 16.5. The lowest BCUT2D eigenvalue weighted by Gasteiger charge is -2.25. The van der Waals surface area contributed by atoms with Crippen molar-refractivity contribution in [3.05, 3.63) is 23.8 Å². The van der Waals surface area contributed by atoms with Gasteiger partial charge >= 0.3 is 0 Å². The Morgan fingerprint density at radius 3 is 2.71 bits per heavy atom. The van der Waals surface area contributed by atoms with Gasteiger partial charge in [0.25, 0.3) is 0 Å². The summed E-state index contributed by atoms with van der Waals surface area (Å²) in [6.45, 7) is 3.32. The van der Waals surface area contributed by atoms with Gasteiger partial charge in [0, 0.05) is 18.6 Å². The van der Waals surface area contributed by atoms with Crippen LogP contribution in [0, 0.1) is 0 Å². The molecule has 0 radical (unpaired) electrons. The average molecular weight is 237 g/mol. The van der Waals surface area contributed by atoms with Crippen LogP contribution in [-0.2, 0) is 5.54 Å². The molecule has 1 aromatic rings. The van der Waals surface area contributed by atoms with Gasteiger partial charge in [-0.1, -0.05) is 6.07 Å². The van der Waals surface area contributed by atoms with E-state index in [0.717, 1.165) is 23.5 Å². The van der Waals surface area contributed by atoms with Crippen LogP contribution in [0.4, 0.5) is 0 Å². The molecule has 0 saturated heterocycles. The third-order valence-corrected chi connectivity index (χ3v) is 3.04. The summed E-state index contributed by atoms with van der Waals surface area (Å²) >= 11 is 0. The quantitative estimate of drug-likeness (QED) is 0.834. The van der Waals surface area contributed by atoms with E-state index in [2.05, 4.69) is 0 Å². The largest absolute Gasteiger partial charge is 0.490 e. The van der Waals surface area contributed by atoms with E-state index in [1.165, 1.54) is 0 Å². The third-order valence-electron chi connectivity index (χ3n) is 3.04. The van der Waals surface area contributed by atoms with Crippen molar-refractivity contribution in [1.82, 2.24) is 0 Å². The lowest BCUT2D eigenvalue weighted by atomic mass is 9.90. The van der Waals surface area contributed by atoms with E-state index in [-0.39, 0.29) is 6.61 Å². The predicted molar refractivity (Wildman–Crippen MR) is 65.3 cm³/mol. The fraction of sp³-hybridized carbons (Fsp3) is 0.538. The van der Waals surface area contributed by atoms with Crippen molar-refractivity contribution in [1.29, 1.82) is 0 Å². The van der Waals surface area contributed by atoms with E-state index >= 15 is 0 Å². The first-order valence-electron chi connectivity index (χ1n) is 5.93. The van der Waals surface area contributed by atoms with Crippen molar-refractivity contribution in [3.63, 3.8) is 0 Å². The summed E-state index contributed by atoms with van der Waals surface area (Å²) in [5.41, 5.74) is 6.58. The van der Waals surface area contributed by atoms with Gasteiger partial charge in [0.2, 0.25) is 0 Å². The number of ether oxygens (including phenoxy) is 2. The zero-order valence-corrected chi connectivity index (χ0v) is 10.1. The Morgan fingerprint density at radius 2 is 2.00 bits per heavy atom. The molecule has 1 aliphatic rings. The molecule has 4 heteroatoms. The van der Waals surface area contributed by atoms with Crippen LogP contribution in [0.1, 0.15) is 25.3 Å². The van der Waals surface area contributed by atoms with Gasteiger partial charge < -0.3 is 20.3 Å². The average Bonchev–Trinajstić information content (AvgIpc) is 2.52. The summed E-state index contributed by atoms with van der Waals surface area (Å²) in [6, 6.07) is 5.73. The van der Waals surface area contributed by atoms with Crippen molar-refractivity contribution in [2.24, 2.45) is 5.73 Å². The summed E-state index contributed by atoms with van der Waals surface area (Å²) in [7, 11) is 0. The maximum atomic E-state index is 9.01. The molecule has 0 bridgehead atoms. The molecule has 0 saturated carbocycles. The molecule has 1 heterocycles. The summed E-state index contributed by atoms with van der Waals surface area (Å²) in [6.07, 6.45) is 1.41. The zero-order chi connectivity index (χ0) is 12.3. The molecule has 1 aliphatic heterocycles. The molecule has 0 spiro atoms. The first kappa shape index (κ1) is 12.2. The fourth-order valence-corrected chi connectivity index (χ4v) is 1.90. The highest BCUT2D eigenvalue weighted by molar-refractivity contribution is 5.45. The van der Waals surface area contributed by atoms with Crippen molar-refractivity contribution < 1.29 is 14.6 Å². The van der Waals surface area contributed by atoms with Gasteiger partial charge in [-0.15, -0.1) is 0 Å². The minimum absolute atomic E-state index is 0.0709. The van der Waals surface area contributed by atoms with Crippen LogP contribution in [0.15, 0.2) is 18.2 Å². The van der Waals surface area contributed by atoms with Crippen LogP contribution in [0.2, 0.25) is 0 Å². The zero-order valence-electron chi connectivity index (χ0n) is 10.1. The molecular weight excluding hydrogens is 218 g/mol. The second-order valence-corrected chi connectivity index (χ2v) is 4.60. The predicted octanol–water partition coefficient (Wildman–Crippen LogP) is 1.40. The molecule has 1 unspecified atom stereocenters. The maximum absolute atomic E-state index is 9.01. The number of aliphatic hydroxyl groups excluding tert-OH is 1. The summed E-state index contributed by atoms with van der Waals surface area (Å²) in [4.78, 5) is 0. The van der Waals surface area contributed by atoms with Crippen molar-refractivity contribution >= 4 is 0 Å². The highest BCUT2D eigenvalue weighted by Crippen LogP contribution is 2.34. The number of nitrogens with two attached hydrogens (primary N) is 1. The molecule has 0 amide bonds. The van der Waals surface area contributed by atoms with Gasteiger partial charge in [0.1, 0.15) is 0 Å². The Morgan fingerprint density at radius 1 is 1.29 bits per heavy atom. The van der Waals surface area contributed by atoms with Gasteiger partial charge in [-0.05, 0) is 31.0 Å². The number of benzene rings is 1. The minimum atomic E-state index is -0.542. The Hall–Kier alpha value is -1.26. The Balaban J connectivity index is 2.29. The lowest BCUT2D eigenvalue weighted by molar-refractivity contribution is 0.246. The summed E-state index contributed by atoms with van der Waals surface area (Å²) < 4.78 is 11.2. The minimum Gasteiger partial charge on any atom is -0.490 e. The summed E-state index contributed by atoms with van der Waals surface area (Å²) in [5.74, 6) is 1.51. The molecule has 94 valence electrons. The van der Waals surface area contributed by atoms with Crippen LogP contribution >= 0.6 is 0 Å². The van der Waals surface area contributed by atoms with Crippen molar-refractivity contribution in [2.45, 2.75) is 25.3 Å². The van der Waals surface area contributed by atoms with Crippen molar-refractivity contribution in [3.8, 4) is 11.5 Å². The first-order valence-corrected chi connectivity index (χ1v) is 5.93. The maximum Gasteiger partial charge on any atom is 0.161 e. The van der Waals surface area contributed by atoms with Gasteiger partial charge in [-0.3, -0.25) is 0 Å². The van der Waals surface area contributed by atoms with Crippen LogP contribution in [0.3, 0.4) is 0 Å². The standard InChI is InChI=1S/C13H19NO3/c1-13(14,5-6-15)10-3-4-11-12(9-10)17-8-2-7-16-11/h3-4,9,15H,2,5-8,14H2,1H3. The van der Waals surface area contributed by atoms with E-state index in [4.69, 9.17) is 20.3 Å². The Kier molecular flexibility index (Phi) is 3.54. The SMILES string of the molecule is CC(N)(CCO)c1ccc2c(c1)OCCCO2. The smallest absolute Gasteiger partial charge is 0.161 e. The molecule has 0 aromatic heterocycles. The van der Waals surface area contributed by atoms with Crippen LogP contribution in [0.25, 0.3) is 0 Å². The molecule has 2 rings (SSSR count). The van der Waals surface area contributed by atoms with Gasteiger partial charge in [-0.2, -0.15) is 0 Å². The number of rotatable bonds is 3. The second-order valence-electron chi connectivity index (χ2n) is 4.60. The monoisotopic (exact) mass is 237 g/mol. The lowest BCUT2D eigenvalue weighted by Crippen LogP contribution is -2.34. The molecule has 3 N–H and O–H groups in total. The van der Waals surface area contributed by atoms with E-state index in [1.807, 2.05) is 25.1 Å². The van der Waals surface area contributed by atoms with Crippen LogP contribution in [-0.4, -0.2) is 24.9 Å². The third kappa shape index (κ3) is 2.70. The highest BCUT2D eigenvalue weighted by Gasteiger charge is 2.22. The summed E-state index contributed by atoms with van der Waals surface area (Å²) in [5, 5.41) is 9.01. The fourth-order valence-electron chi connectivity index (χ4n) is 1.90. The van der Waals surface area contributed by atoms with E-state index in [0.29, 0.717) is 19.6 Å². The molecule has 17 heavy (non-hydrogen) atoms. The van der Waals surface area contributed by atoms with E-state index < -0.39 is 5.54 Å². The Bertz CT molecular complexity index is 390. The molecule has 4 nitrogen and oxygen atoms in total. The molecule has 1 atom stereocenters. The van der Waals surface area contributed by atoms with Crippen LogP contribution in [0.5, 0.6) is 11.5 Å². The van der Waals surface area contributed by atoms with E-state index in [9.17, 15) is 0 Å². The van der Waals surface area contributed by atoms with Gasteiger partial charge in [-0.25, -0.2) is 0 Å². The number of fused-ring (bicyclic) bond motifs is 1. The van der Waals surface area contributed by atoms with Gasteiger partial charge in [0.05, 0.1) is 13.2 Å². The molecule has 1 aromatic carbocycles.